The summed E-state index contributed by atoms with van der Waals surface area (Å²) in [5, 5.41) is 0. The Kier molecular flexibility index (Phi) is 4.62. The molecule has 0 aliphatic rings. The largest absolute Gasteiger partial charge is 0.493 e. The molecule has 0 amide bonds. The maximum absolute atomic E-state index is 12.6. The minimum Gasteiger partial charge on any atom is -0.493 e. The third-order valence-corrected chi connectivity index (χ3v) is 4.88. The number of benzene rings is 2. The second-order valence-electron chi connectivity index (χ2n) is 5.07. The first-order chi connectivity index (χ1) is 12.0. The lowest BCUT2D eigenvalue weighted by molar-refractivity contribution is 0.354. The number of hydrogen-bond donors (Lipinski definition) is 1. The maximum Gasteiger partial charge on any atom is 0.262 e. The van der Waals surface area contributed by atoms with Crippen molar-refractivity contribution >= 4 is 15.7 Å². The van der Waals surface area contributed by atoms with Gasteiger partial charge in [-0.15, -0.1) is 0 Å². The Balaban J connectivity index is 1.91. The number of nitrogens with zero attached hydrogens (tertiary/aromatic N) is 1. The van der Waals surface area contributed by atoms with Gasteiger partial charge in [0, 0.05) is 17.3 Å². The van der Waals surface area contributed by atoms with Crippen LogP contribution in [0.15, 0.2) is 64.4 Å². The van der Waals surface area contributed by atoms with Crippen LogP contribution in [0.1, 0.15) is 0 Å². The summed E-state index contributed by atoms with van der Waals surface area (Å²) >= 11 is 0. The summed E-state index contributed by atoms with van der Waals surface area (Å²) in [6, 6.07) is 11.2. The zero-order valence-corrected chi connectivity index (χ0v) is 14.4. The fourth-order valence-electron chi connectivity index (χ4n) is 2.29. The maximum atomic E-state index is 12.6. The molecule has 0 spiro atoms. The molecule has 0 aliphatic carbocycles. The van der Waals surface area contributed by atoms with Gasteiger partial charge in [0.2, 0.25) is 0 Å². The smallest absolute Gasteiger partial charge is 0.262 e. The van der Waals surface area contributed by atoms with Gasteiger partial charge in [0.1, 0.15) is 0 Å². The third kappa shape index (κ3) is 3.58. The summed E-state index contributed by atoms with van der Waals surface area (Å²) in [6.45, 7) is 0. The zero-order valence-electron chi connectivity index (χ0n) is 13.6. The van der Waals surface area contributed by atoms with Gasteiger partial charge in [0.05, 0.1) is 25.3 Å². The van der Waals surface area contributed by atoms with E-state index in [9.17, 15) is 8.42 Å². The number of anilines is 1. The first kappa shape index (κ1) is 16.8. The molecule has 0 bridgehead atoms. The van der Waals surface area contributed by atoms with E-state index in [0.29, 0.717) is 28.5 Å². The number of ether oxygens (including phenoxy) is 2. The van der Waals surface area contributed by atoms with Crippen LogP contribution < -0.4 is 14.2 Å². The number of hydrogen-bond acceptors (Lipinski definition) is 6. The fourth-order valence-corrected chi connectivity index (χ4v) is 3.36. The summed E-state index contributed by atoms with van der Waals surface area (Å²) in [4.78, 5) is 3.92. The topological polar surface area (TPSA) is 90.7 Å². The van der Waals surface area contributed by atoms with E-state index in [4.69, 9.17) is 13.9 Å². The molecule has 8 heteroatoms. The summed E-state index contributed by atoms with van der Waals surface area (Å²) < 4.78 is 43.3. The lowest BCUT2D eigenvalue weighted by Gasteiger charge is -2.12. The molecule has 3 rings (SSSR count). The van der Waals surface area contributed by atoms with Crippen LogP contribution in [0.4, 0.5) is 5.69 Å². The summed E-state index contributed by atoms with van der Waals surface area (Å²) in [5.41, 5.74) is 1.12. The highest BCUT2D eigenvalue weighted by atomic mass is 32.2. The Hall–Kier alpha value is -3.00. The van der Waals surface area contributed by atoms with Crippen molar-refractivity contribution in [2.24, 2.45) is 0 Å². The molecule has 0 aliphatic heterocycles. The fraction of sp³-hybridized carbons (Fsp3) is 0.118. The Morgan fingerprint density at radius 1 is 1.04 bits per heavy atom. The van der Waals surface area contributed by atoms with Crippen LogP contribution in [-0.4, -0.2) is 27.6 Å². The van der Waals surface area contributed by atoms with Crippen LogP contribution in [0.5, 0.6) is 11.5 Å². The second-order valence-corrected chi connectivity index (χ2v) is 6.75. The number of rotatable bonds is 6. The van der Waals surface area contributed by atoms with Crippen LogP contribution in [0, 0.1) is 0 Å². The van der Waals surface area contributed by atoms with Crippen LogP contribution in [0.25, 0.3) is 11.3 Å². The summed E-state index contributed by atoms with van der Waals surface area (Å²) in [5.74, 6) is 1.33. The minimum absolute atomic E-state index is 0.0650. The van der Waals surface area contributed by atoms with Crippen LogP contribution in [-0.2, 0) is 10.0 Å². The molecule has 0 fully saturated rings. The third-order valence-electron chi connectivity index (χ3n) is 3.50. The van der Waals surface area contributed by atoms with Gasteiger partial charge in [-0.05, 0) is 24.3 Å². The molecule has 1 N–H and O–H groups in total. The van der Waals surface area contributed by atoms with E-state index in [2.05, 4.69) is 9.71 Å². The van der Waals surface area contributed by atoms with Gasteiger partial charge in [0.15, 0.2) is 23.7 Å². The molecule has 0 saturated heterocycles. The van der Waals surface area contributed by atoms with E-state index in [-0.39, 0.29) is 4.90 Å². The first-order valence-electron chi connectivity index (χ1n) is 7.27. The quantitative estimate of drug-likeness (QED) is 0.726. The van der Waals surface area contributed by atoms with Crippen molar-refractivity contribution in [3.8, 4) is 22.8 Å². The van der Waals surface area contributed by atoms with Crippen LogP contribution >= 0.6 is 0 Å². The van der Waals surface area contributed by atoms with Gasteiger partial charge in [-0.1, -0.05) is 12.1 Å². The number of sulfonamides is 1. The molecular weight excluding hydrogens is 344 g/mol. The summed E-state index contributed by atoms with van der Waals surface area (Å²) in [7, 11) is -0.856. The van der Waals surface area contributed by atoms with Gasteiger partial charge in [-0.25, -0.2) is 13.4 Å². The van der Waals surface area contributed by atoms with Crippen molar-refractivity contribution in [2.45, 2.75) is 4.90 Å². The van der Waals surface area contributed by atoms with Gasteiger partial charge in [0.25, 0.3) is 10.0 Å². The van der Waals surface area contributed by atoms with Gasteiger partial charge in [-0.2, -0.15) is 0 Å². The molecule has 130 valence electrons. The Bertz CT molecular complexity index is 968. The van der Waals surface area contributed by atoms with E-state index in [0.717, 1.165) is 0 Å². The van der Waals surface area contributed by atoms with Crippen molar-refractivity contribution < 1.29 is 22.3 Å². The molecule has 0 atom stereocenters. The van der Waals surface area contributed by atoms with E-state index in [1.54, 1.807) is 36.5 Å². The monoisotopic (exact) mass is 360 g/mol. The Labute approximate surface area is 145 Å². The Morgan fingerprint density at radius 3 is 2.52 bits per heavy atom. The van der Waals surface area contributed by atoms with Crippen molar-refractivity contribution in [1.82, 2.24) is 4.98 Å². The molecule has 1 heterocycles. The normalized spacial score (nSPS) is 11.1. The lowest BCUT2D eigenvalue weighted by atomic mass is 10.2. The highest BCUT2D eigenvalue weighted by molar-refractivity contribution is 7.92. The lowest BCUT2D eigenvalue weighted by Crippen LogP contribution is -2.13. The molecule has 25 heavy (non-hydrogen) atoms. The van der Waals surface area contributed by atoms with Crippen molar-refractivity contribution in [1.29, 1.82) is 0 Å². The average Bonchev–Trinajstić information content (AvgIpc) is 3.15. The highest BCUT2D eigenvalue weighted by Crippen LogP contribution is 2.30. The highest BCUT2D eigenvalue weighted by Gasteiger charge is 2.17. The van der Waals surface area contributed by atoms with Crippen LogP contribution in [0.2, 0.25) is 0 Å². The molecular formula is C17H16N2O5S. The Morgan fingerprint density at radius 2 is 1.84 bits per heavy atom. The predicted molar refractivity (Wildman–Crippen MR) is 92.3 cm³/mol. The van der Waals surface area contributed by atoms with Gasteiger partial charge >= 0.3 is 0 Å². The molecule has 0 radical (unpaired) electrons. The average molecular weight is 360 g/mol. The van der Waals surface area contributed by atoms with E-state index < -0.39 is 10.0 Å². The van der Waals surface area contributed by atoms with Crippen molar-refractivity contribution in [3.63, 3.8) is 0 Å². The number of methoxy groups -OCH3 is 2. The molecule has 3 aromatic rings. The second kappa shape index (κ2) is 6.86. The minimum atomic E-state index is -3.79. The molecule has 0 saturated carbocycles. The van der Waals surface area contributed by atoms with Gasteiger partial charge in [-0.3, -0.25) is 4.72 Å². The van der Waals surface area contributed by atoms with E-state index >= 15 is 0 Å². The summed E-state index contributed by atoms with van der Waals surface area (Å²) in [6.07, 6.45) is 2.87. The van der Waals surface area contributed by atoms with Crippen LogP contribution in [0.3, 0.4) is 0 Å². The number of nitrogens with one attached hydrogen (secondary N) is 1. The molecule has 0 unspecified atom stereocenters. The van der Waals surface area contributed by atoms with Gasteiger partial charge < -0.3 is 13.9 Å². The van der Waals surface area contributed by atoms with Crippen molar-refractivity contribution in [2.75, 3.05) is 18.9 Å². The number of oxazole rings is 1. The standard InChI is InChI=1S/C17H16N2O5S/c1-22-15-7-6-14(9-16(15)23-2)25(20,21)19-13-5-3-4-12(8-13)17-10-18-11-24-17/h3-11,19H,1-2H3. The molecule has 2 aromatic carbocycles. The molecule has 1 aromatic heterocycles. The van der Waals surface area contributed by atoms with Crippen molar-refractivity contribution in [3.05, 3.63) is 55.1 Å². The SMILES string of the molecule is COc1ccc(S(=O)(=O)Nc2cccc(-c3cnco3)c2)cc1OC. The first-order valence-corrected chi connectivity index (χ1v) is 8.75. The van der Waals surface area contributed by atoms with E-state index in [1.807, 2.05) is 0 Å². The predicted octanol–water partition coefficient (Wildman–Crippen LogP) is 3.16. The number of aromatic nitrogens is 1. The molecule has 7 nitrogen and oxygen atoms in total. The zero-order chi connectivity index (χ0) is 17.9. The van der Waals surface area contributed by atoms with E-state index in [1.165, 1.54) is 32.7 Å².